The molecule has 0 aliphatic carbocycles. The highest BCUT2D eigenvalue weighted by Gasteiger charge is 2.15. The number of thiophene rings is 1. The molecule has 2 heterocycles. The van der Waals surface area contributed by atoms with Crippen molar-refractivity contribution in [2.24, 2.45) is 0 Å². The molecule has 0 spiro atoms. The van der Waals surface area contributed by atoms with Crippen molar-refractivity contribution in [1.29, 1.82) is 0 Å². The van der Waals surface area contributed by atoms with Crippen LogP contribution in [0.5, 0.6) is 0 Å². The number of aryl methyl sites for hydroxylation is 3. The van der Waals surface area contributed by atoms with E-state index in [4.69, 9.17) is 0 Å². The Bertz CT molecular complexity index is 568. The van der Waals surface area contributed by atoms with Crippen LogP contribution in [-0.2, 0) is 25.8 Å². The Morgan fingerprint density at radius 2 is 2.11 bits per heavy atom. The molecular weight excluding hydrogens is 256 g/mol. The zero-order chi connectivity index (χ0) is 13.8. The third-order valence-corrected chi connectivity index (χ3v) is 4.30. The number of Topliss-reactive ketones (excluding diaryl/α,β-unsaturated/α-hetero) is 1. The van der Waals surface area contributed by atoms with Crippen molar-refractivity contribution in [2.45, 2.75) is 46.6 Å². The Labute approximate surface area is 118 Å². The Kier molecular flexibility index (Phi) is 4.53. The van der Waals surface area contributed by atoms with E-state index in [0.717, 1.165) is 41.2 Å². The Morgan fingerprint density at radius 1 is 1.32 bits per heavy atom. The van der Waals surface area contributed by atoms with Gasteiger partial charge in [-0.25, -0.2) is 0 Å². The maximum Gasteiger partial charge on any atom is 0.178 e. The van der Waals surface area contributed by atoms with Crippen molar-refractivity contribution >= 4 is 17.1 Å². The van der Waals surface area contributed by atoms with E-state index in [0.29, 0.717) is 6.42 Å². The van der Waals surface area contributed by atoms with Gasteiger partial charge in [0.05, 0.1) is 17.0 Å². The molecule has 0 atom stereocenters. The van der Waals surface area contributed by atoms with Gasteiger partial charge in [-0.15, -0.1) is 11.3 Å². The van der Waals surface area contributed by atoms with Gasteiger partial charge in [0.2, 0.25) is 0 Å². The molecule has 4 heteroatoms. The van der Waals surface area contributed by atoms with Crippen LogP contribution < -0.4 is 0 Å². The van der Waals surface area contributed by atoms with Crippen LogP contribution in [0.2, 0.25) is 0 Å². The highest BCUT2D eigenvalue weighted by Crippen LogP contribution is 2.20. The molecule has 0 fully saturated rings. The van der Waals surface area contributed by atoms with Crippen molar-refractivity contribution < 1.29 is 4.79 Å². The third-order valence-electron chi connectivity index (χ3n) is 3.30. The summed E-state index contributed by atoms with van der Waals surface area (Å²) in [5, 5.41) is 6.49. The Hall–Kier alpha value is -1.42. The SMILES string of the molecule is CCc1cc(CC(=O)c2sccc2CC)n(CC)n1. The minimum atomic E-state index is 0.212. The molecule has 19 heavy (non-hydrogen) atoms. The zero-order valence-electron chi connectivity index (χ0n) is 11.8. The van der Waals surface area contributed by atoms with Crippen LogP contribution in [0.25, 0.3) is 0 Å². The molecule has 0 unspecified atom stereocenters. The molecule has 0 aromatic carbocycles. The van der Waals surface area contributed by atoms with Gasteiger partial charge in [0.15, 0.2) is 5.78 Å². The van der Waals surface area contributed by atoms with E-state index in [9.17, 15) is 4.79 Å². The molecule has 0 radical (unpaired) electrons. The van der Waals surface area contributed by atoms with Gasteiger partial charge < -0.3 is 0 Å². The second-order valence-electron chi connectivity index (χ2n) is 4.52. The summed E-state index contributed by atoms with van der Waals surface area (Å²) in [6.07, 6.45) is 2.28. The third kappa shape index (κ3) is 2.95. The molecular formula is C15H20N2OS. The topological polar surface area (TPSA) is 34.9 Å². The number of carbonyl (C=O) groups excluding carboxylic acids is 1. The molecule has 2 aromatic rings. The number of hydrogen-bond acceptors (Lipinski definition) is 3. The lowest BCUT2D eigenvalue weighted by atomic mass is 10.1. The maximum absolute atomic E-state index is 12.4. The first-order chi connectivity index (χ1) is 9.19. The molecule has 0 saturated carbocycles. The van der Waals surface area contributed by atoms with Crippen molar-refractivity contribution in [3.63, 3.8) is 0 Å². The van der Waals surface area contributed by atoms with Gasteiger partial charge in [0, 0.05) is 12.2 Å². The lowest BCUT2D eigenvalue weighted by Gasteiger charge is -2.04. The first-order valence-electron chi connectivity index (χ1n) is 6.84. The second kappa shape index (κ2) is 6.15. The molecule has 0 saturated heterocycles. The summed E-state index contributed by atoms with van der Waals surface area (Å²) in [5.74, 6) is 0.212. The first-order valence-corrected chi connectivity index (χ1v) is 7.72. The van der Waals surface area contributed by atoms with Crippen LogP contribution in [-0.4, -0.2) is 15.6 Å². The van der Waals surface area contributed by atoms with Crippen LogP contribution in [0, 0.1) is 0 Å². The van der Waals surface area contributed by atoms with Crippen LogP contribution in [0.15, 0.2) is 17.5 Å². The van der Waals surface area contributed by atoms with E-state index < -0.39 is 0 Å². The van der Waals surface area contributed by atoms with Crippen molar-refractivity contribution in [3.05, 3.63) is 39.3 Å². The molecule has 2 rings (SSSR count). The standard InChI is InChI=1S/C15H20N2OS/c1-4-11-7-8-19-15(11)14(18)10-13-9-12(5-2)16-17(13)6-3/h7-9H,4-6,10H2,1-3H3. The summed E-state index contributed by atoms with van der Waals surface area (Å²) < 4.78 is 1.94. The predicted molar refractivity (Wildman–Crippen MR) is 79.0 cm³/mol. The predicted octanol–water partition coefficient (Wildman–Crippen LogP) is 3.51. The van der Waals surface area contributed by atoms with E-state index in [1.54, 1.807) is 11.3 Å². The summed E-state index contributed by atoms with van der Waals surface area (Å²) in [6.45, 7) is 7.05. The molecule has 2 aromatic heterocycles. The van der Waals surface area contributed by atoms with E-state index in [-0.39, 0.29) is 5.78 Å². The van der Waals surface area contributed by atoms with Gasteiger partial charge in [-0.05, 0) is 42.8 Å². The lowest BCUT2D eigenvalue weighted by Crippen LogP contribution is -2.09. The van der Waals surface area contributed by atoms with E-state index in [1.807, 2.05) is 16.1 Å². The molecule has 0 bridgehead atoms. The van der Waals surface area contributed by atoms with E-state index in [1.165, 1.54) is 0 Å². The monoisotopic (exact) mass is 276 g/mol. The molecule has 0 amide bonds. The number of rotatable bonds is 6. The van der Waals surface area contributed by atoms with Crippen molar-refractivity contribution in [2.75, 3.05) is 0 Å². The van der Waals surface area contributed by atoms with Gasteiger partial charge >= 0.3 is 0 Å². The normalized spacial score (nSPS) is 10.9. The number of aromatic nitrogens is 2. The van der Waals surface area contributed by atoms with Gasteiger partial charge in [-0.2, -0.15) is 5.10 Å². The van der Waals surface area contributed by atoms with Crippen LogP contribution >= 0.6 is 11.3 Å². The van der Waals surface area contributed by atoms with Crippen LogP contribution in [0.1, 0.15) is 47.4 Å². The van der Waals surface area contributed by atoms with Gasteiger partial charge in [0.25, 0.3) is 0 Å². The number of hydrogen-bond donors (Lipinski definition) is 0. The van der Waals surface area contributed by atoms with Gasteiger partial charge in [-0.3, -0.25) is 9.48 Å². The van der Waals surface area contributed by atoms with Gasteiger partial charge in [0.1, 0.15) is 0 Å². The minimum Gasteiger partial charge on any atom is -0.293 e. The fourth-order valence-corrected chi connectivity index (χ4v) is 3.14. The molecule has 0 N–H and O–H groups in total. The van der Waals surface area contributed by atoms with Gasteiger partial charge in [-0.1, -0.05) is 13.8 Å². The minimum absolute atomic E-state index is 0.212. The number of nitrogens with zero attached hydrogens (tertiary/aromatic N) is 2. The maximum atomic E-state index is 12.4. The highest BCUT2D eigenvalue weighted by molar-refractivity contribution is 7.12. The molecule has 0 aliphatic rings. The lowest BCUT2D eigenvalue weighted by molar-refractivity contribution is 0.0993. The smallest absolute Gasteiger partial charge is 0.178 e. The quantitative estimate of drug-likeness (QED) is 0.757. The molecule has 0 aliphatic heterocycles. The van der Waals surface area contributed by atoms with E-state index in [2.05, 4.69) is 31.9 Å². The van der Waals surface area contributed by atoms with Crippen LogP contribution in [0.4, 0.5) is 0 Å². The summed E-state index contributed by atoms with van der Waals surface area (Å²) in [5.41, 5.74) is 3.25. The Balaban J connectivity index is 2.21. The summed E-state index contributed by atoms with van der Waals surface area (Å²) in [6, 6.07) is 4.10. The summed E-state index contributed by atoms with van der Waals surface area (Å²) in [4.78, 5) is 13.3. The van der Waals surface area contributed by atoms with Crippen molar-refractivity contribution in [3.8, 4) is 0 Å². The fraction of sp³-hybridized carbons (Fsp3) is 0.467. The number of ketones is 1. The average molecular weight is 276 g/mol. The molecule has 102 valence electrons. The summed E-state index contributed by atoms with van der Waals surface area (Å²) in [7, 11) is 0. The number of carbonyl (C=O) groups is 1. The summed E-state index contributed by atoms with van der Waals surface area (Å²) >= 11 is 1.55. The van der Waals surface area contributed by atoms with E-state index >= 15 is 0 Å². The molecule has 3 nitrogen and oxygen atoms in total. The van der Waals surface area contributed by atoms with Crippen molar-refractivity contribution in [1.82, 2.24) is 9.78 Å². The second-order valence-corrected chi connectivity index (χ2v) is 5.44. The Morgan fingerprint density at radius 3 is 2.74 bits per heavy atom. The zero-order valence-corrected chi connectivity index (χ0v) is 12.6. The average Bonchev–Trinajstić information content (AvgIpc) is 3.04. The largest absolute Gasteiger partial charge is 0.293 e. The van der Waals surface area contributed by atoms with Crippen LogP contribution in [0.3, 0.4) is 0 Å². The highest BCUT2D eigenvalue weighted by atomic mass is 32.1. The first kappa shape index (κ1) is 14.0. The fourth-order valence-electron chi connectivity index (χ4n) is 2.21.